The fourth-order valence-corrected chi connectivity index (χ4v) is 2.72. The van der Waals surface area contributed by atoms with Gasteiger partial charge in [0.2, 0.25) is 0 Å². The minimum atomic E-state index is -0.774. The molecule has 0 fully saturated rings. The number of anilines is 2. The lowest BCUT2D eigenvalue weighted by Gasteiger charge is -2.27. The van der Waals surface area contributed by atoms with E-state index in [0.717, 1.165) is 30.4 Å². The fraction of sp³-hybridized carbons (Fsp3) is 0.278. The summed E-state index contributed by atoms with van der Waals surface area (Å²) in [6.45, 7) is 7.04. The Kier molecular flexibility index (Phi) is 6.07. The van der Waals surface area contributed by atoms with Crippen LogP contribution in [0, 0.1) is 20.2 Å². The van der Waals surface area contributed by atoms with E-state index in [1.165, 1.54) is 0 Å². The summed E-state index contributed by atoms with van der Waals surface area (Å²) in [5.74, 6) is -0.661. The molecule has 0 aliphatic carbocycles. The highest BCUT2D eigenvalue weighted by atomic mass is 16.6. The Balaban J connectivity index is 2.24. The Labute approximate surface area is 155 Å². The highest BCUT2D eigenvalue weighted by Gasteiger charge is 2.20. The number of nitro groups is 2. The van der Waals surface area contributed by atoms with Crippen molar-refractivity contribution in [3.8, 4) is 0 Å². The van der Waals surface area contributed by atoms with E-state index in [-0.39, 0.29) is 5.56 Å². The molecule has 2 aromatic carbocycles. The Hall–Kier alpha value is -3.49. The van der Waals surface area contributed by atoms with E-state index in [1.54, 1.807) is 12.1 Å². The number of hydrogen-bond acceptors (Lipinski definition) is 6. The molecule has 0 saturated carbocycles. The Morgan fingerprint density at radius 1 is 1.04 bits per heavy atom. The van der Waals surface area contributed by atoms with E-state index in [2.05, 4.69) is 24.1 Å². The lowest BCUT2D eigenvalue weighted by atomic mass is 10.1. The van der Waals surface area contributed by atoms with Gasteiger partial charge in [0.1, 0.15) is 0 Å². The average Bonchev–Trinajstić information content (AvgIpc) is 2.62. The van der Waals surface area contributed by atoms with Gasteiger partial charge in [-0.25, -0.2) is 0 Å². The molecule has 1 amide bonds. The molecule has 9 nitrogen and oxygen atoms in total. The van der Waals surface area contributed by atoms with Crippen LogP contribution in [0.5, 0.6) is 0 Å². The van der Waals surface area contributed by atoms with E-state index in [4.69, 9.17) is 0 Å². The molecule has 0 aliphatic rings. The second-order valence-corrected chi connectivity index (χ2v) is 6.13. The van der Waals surface area contributed by atoms with Crippen molar-refractivity contribution in [1.82, 2.24) is 0 Å². The van der Waals surface area contributed by atoms with Crippen LogP contribution in [-0.2, 0) is 0 Å². The van der Waals surface area contributed by atoms with Crippen molar-refractivity contribution in [2.45, 2.75) is 26.8 Å². The van der Waals surface area contributed by atoms with Crippen molar-refractivity contribution >= 4 is 28.7 Å². The minimum Gasteiger partial charge on any atom is -0.369 e. The van der Waals surface area contributed by atoms with Gasteiger partial charge in [-0.3, -0.25) is 25.0 Å². The van der Waals surface area contributed by atoms with Crippen LogP contribution in [-0.4, -0.2) is 28.3 Å². The molecule has 1 N–H and O–H groups in total. The number of carbonyl (C=O) groups is 1. The maximum Gasteiger partial charge on any atom is 0.277 e. The minimum absolute atomic E-state index is 0.155. The summed E-state index contributed by atoms with van der Waals surface area (Å²) < 4.78 is 0. The van der Waals surface area contributed by atoms with Gasteiger partial charge < -0.3 is 10.2 Å². The molecule has 0 aromatic heterocycles. The summed E-state index contributed by atoms with van der Waals surface area (Å²) in [5.41, 5.74) is 0.298. The average molecular weight is 372 g/mol. The van der Waals surface area contributed by atoms with Crippen LogP contribution in [0.4, 0.5) is 22.7 Å². The number of nitro benzene ring substituents is 2. The zero-order chi connectivity index (χ0) is 20.1. The molecule has 0 radical (unpaired) electrons. The van der Waals surface area contributed by atoms with E-state index in [1.807, 2.05) is 19.1 Å². The van der Waals surface area contributed by atoms with Crippen LogP contribution in [0.15, 0.2) is 42.5 Å². The van der Waals surface area contributed by atoms with Gasteiger partial charge >= 0.3 is 0 Å². The first-order valence-electron chi connectivity index (χ1n) is 8.34. The summed E-state index contributed by atoms with van der Waals surface area (Å²) in [5, 5.41) is 24.5. The number of hydrogen-bond donors (Lipinski definition) is 1. The van der Waals surface area contributed by atoms with Crippen molar-refractivity contribution in [3.63, 3.8) is 0 Å². The summed E-state index contributed by atoms with van der Waals surface area (Å²) in [7, 11) is 0. The summed E-state index contributed by atoms with van der Waals surface area (Å²) in [4.78, 5) is 34.9. The molecule has 0 saturated heterocycles. The van der Waals surface area contributed by atoms with E-state index in [0.29, 0.717) is 11.7 Å². The number of nitrogens with zero attached hydrogens (tertiary/aromatic N) is 3. The van der Waals surface area contributed by atoms with Crippen LogP contribution < -0.4 is 10.2 Å². The summed E-state index contributed by atoms with van der Waals surface area (Å²) in [6.07, 6.45) is 0. The van der Waals surface area contributed by atoms with Gasteiger partial charge in [-0.05, 0) is 45.0 Å². The van der Waals surface area contributed by atoms with Gasteiger partial charge in [-0.15, -0.1) is 0 Å². The molecule has 0 unspecified atom stereocenters. The van der Waals surface area contributed by atoms with Gasteiger partial charge in [-0.2, -0.15) is 0 Å². The number of amides is 1. The van der Waals surface area contributed by atoms with Crippen LogP contribution in [0.25, 0.3) is 0 Å². The quantitative estimate of drug-likeness (QED) is 0.580. The fourth-order valence-electron chi connectivity index (χ4n) is 2.72. The lowest BCUT2D eigenvalue weighted by Crippen LogP contribution is -2.30. The third-order valence-corrected chi connectivity index (χ3v) is 4.01. The van der Waals surface area contributed by atoms with Crippen molar-refractivity contribution < 1.29 is 14.6 Å². The molecule has 0 bridgehead atoms. The summed E-state index contributed by atoms with van der Waals surface area (Å²) in [6, 6.07) is 10.3. The number of non-ortho nitro benzene ring substituents is 2. The second kappa shape index (κ2) is 8.26. The van der Waals surface area contributed by atoms with Crippen molar-refractivity contribution in [1.29, 1.82) is 0 Å². The van der Waals surface area contributed by atoms with Crippen LogP contribution in [0.3, 0.4) is 0 Å². The number of carbonyl (C=O) groups excluding carboxylic acids is 1. The SMILES string of the molecule is CCN(c1ccc(NC(=O)c2cc([N+](=O)[O-])cc([N+](=O)[O-])c2)cc1)C(C)C. The highest BCUT2D eigenvalue weighted by molar-refractivity contribution is 6.05. The van der Waals surface area contributed by atoms with Crippen molar-refractivity contribution in [3.05, 3.63) is 68.3 Å². The third-order valence-electron chi connectivity index (χ3n) is 4.01. The van der Waals surface area contributed by atoms with E-state index < -0.39 is 27.1 Å². The van der Waals surface area contributed by atoms with Crippen molar-refractivity contribution in [2.24, 2.45) is 0 Å². The van der Waals surface area contributed by atoms with Gasteiger partial charge in [0.25, 0.3) is 17.3 Å². The first-order chi connectivity index (χ1) is 12.7. The van der Waals surface area contributed by atoms with E-state index >= 15 is 0 Å². The molecule has 27 heavy (non-hydrogen) atoms. The van der Waals surface area contributed by atoms with E-state index in [9.17, 15) is 25.0 Å². The molecule has 142 valence electrons. The molecule has 2 aromatic rings. The first-order valence-corrected chi connectivity index (χ1v) is 8.34. The molecule has 0 spiro atoms. The summed E-state index contributed by atoms with van der Waals surface area (Å²) >= 11 is 0. The van der Waals surface area contributed by atoms with Gasteiger partial charge in [0, 0.05) is 36.1 Å². The maximum atomic E-state index is 12.4. The zero-order valence-electron chi connectivity index (χ0n) is 15.2. The number of rotatable bonds is 7. The standard InChI is InChI=1S/C18H20N4O5/c1-4-20(12(2)3)15-7-5-14(6-8-15)19-18(23)13-9-16(21(24)25)11-17(10-13)22(26)27/h5-12H,4H2,1-3H3,(H,19,23). The molecular formula is C18H20N4O5. The lowest BCUT2D eigenvalue weighted by molar-refractivity contribution is -0.394. The second-order valence-electron chi connectivity index (χ2n) is 6.13. The van der Waals surface area contributed by atoms with Gasteiger partial charge in [0.05, 0.1) is 21.5 Å². The molecule has 9 heteroatoms. The highest BCUT2D eigenvalue weighted by Crippen LogP contribution is 2.24. The Morgan fingerprint density at radius 3 is 1.96 bits per heavy atom. The van der Waals surface area contributed by atoms with Crippen LogP contribution >= 0.6 is 0 Å². The van der Waals surface area contributed by atoms with Crippen LogP contribution in [0.2, 0.25) is 0 Å². The molecular weight excluding hydrogens is 352 g/mol. The first kappa shape index (κ1) is 19.8. The predicted octanol–water partition coefficient (Wildman–Crippen LogP) is 3.99. The number of nitrogens with one attached hydrogen (secondary N) is 1. The maximum absolute atomic E-state index is 12.4. The number of benzene rings is 2. The molecule has 0 aliphatic heterocycles. The Morgan fingerprint density at radius 2 is 1.56 bits per heavy atom. The Bertz CT molecular complexity index is 832. The molecule has 0 atom stereocenters. The molecule has 0 heterocycles. The largest absolute Gasteiger partial charge is 0.369 e. The topological polar surface area (TPSA) is 119 Å². The van der Waals surface area contributed by atoms with Crippen molar-refractivity contribution in [2.75, 3.05) is 16.8 Å². The normalized spacial score (nSPS) is 10.5. The molecule has 2 rings (SSSR count). The van der Waals surface area contributed by atoms with Crippen LogP contribution in [0.1, 0.15) is 31.1 Å². The van der Waals surface area contributed by atoms with Gasteiger partial charge in [0.15, 0.2) is 0 Å². The van der Waals surface area contributed by atoms with Gasteiger partial charge in [-0.1, -0.05) is 0 Å². The zero-order valence-corrected chi connectivity index (χ0v) is 15.2. The monoisotopic (exact) mass is 372 g/mol. The predicted molar refractivity (Wildman–Crippen MR) is 102 cm³/mol. The smallest absolute Gasteiger partial charge is 0.277 e. The third kappa shape index (κ3) is 4.78.